The number of benzene rings is 1. The molecule has 1 saturated heterocycles. The number of amides is 2. The Labute approximate surface area is 151 Å². The standard InChI is InChI=1S/C17H21ClN4O3/c1-2-17(11-23)9-22(10-17)16(24)19-7-6-14-20-15(21-25-14)12-4-3-5-13(18)8-12/h3-5,8,23H,2,6-7,9-11H2,1H3,(H,19,24). The lowest BCUT2D eigenvalue weighted by Gasteiger charge is -2.48. The van der Waals surface area contributed by atoms with Crippen molar-refractivity contribution in [1.82, 2.24) is 20.4 Å². The van der Waals surface area contributed by atoms with E-state index in [2.05, 4.69) is 15.5 Å². The number of urea groups is 1. The summed E-state index contributed by atoms with van der Waals surface area (Å²) < 4.78 is 5.21. The zero-order valence-corrected chi connectivity index (χ0v) is 14.8. The predicted octanol–water partition coefficient (Wildman–Crippen LogP) is 2.35. The second-order valence-corrected chi connectivity index (χ2v) is 6.81. The van der Waals surface area contributed by atoms with Crippen LogP contribution in [0.4, 0.5) is 4.79 Å². The van der Waals surface area contributed by atoms with Crippen LogP contribution in [0.3, 0.4) is 0 Å². The Morgan fingerprint density at radius 3 is 2.96 bits per heavy atom. The Kier molecular flexibility index (Phi) is 5.24. The van der Waals surface area contributed by atoms with Gasteiger partial charge in [-0.25, -0.2) is 4.79 Å². The van der Waals surface area contributed by atoms with E-state index in [-0.39, 0.29) is 18.1 Å². The molecule has 25 heavy (non-hydrogen) atoms. The van der Waals surface area contributed by atoms with Gasteiger partial charge in [-0.3, -0.25) is 0 Å². The summed E-state index contributed by atoms with van der Waals surface area (Å²) in [6.45, 7) is 3.72. The van der Waals surface area contributed by atoms with E-state index in [1.54, 1.807) is 17.0 Å². The van der Waals surface area contributed by atoms with Crippen LogP contribution in [0.1, 0.15) is 19.2 Å². The van der Waals surface area contributed by atoms with Crippen LogP contribution < -0.4 is 5.32 Å². The number of hydrogen-bond acceptors (Lipinski definition) is 5. The summed E-state index contributed by atoms with van der Waals surface area (Å²) in [4.78, 5) is 18.1. The maximum Gasteiger partial charge on any atom is 0.317 e. The van der Waals surface area contributed by atoms with Gasteiger partial charge in [0.1, 0.15) is 0 Å². The molecule has 2 aromatic rings. The molecule has 0 aliphatic carbocycles. The van der Waals surface area contributed by atoms with Crippen LogP contribution in [0, 0.1) is 5.41 Å². The molecule has 0 spiro atoms. The molecular formula is C17H21ClN4O3. The molecule has 2 N–H and O–H groups in total. The highest BCUT2D eigenvalue weighted by atomic mass is 35.5. The molecule has 0 saturated carbocycles. The molecule has 1 aliphatic heterocycles. The number of aromatic nitrogens is 2. The van der Waals surface area contributed by atoms with Gasteiger partial charge in [0.05, 0.1) is 6.61 Å². The summed E-state index contributed by atoms with van der Waals surface area (Å²) in [6, 6.07) is 7.09. The van der Waals surface area contributed by atoms with Crippen LogP contribution in [0.25, 0.3) is 11.4 Å². The minimum Gasteiger partial charge on any atom is -0.396 e. The third kappa shape index (κ3) is 3.93. The summed E-state index contributed by atoms with van der Waals surface area (Å²) in [5.41, 5.74) is 0.655. The number of carbonyl (C=O) groups is 1. The average Bonchev–Trinajstić information content (AvgIpc) is 3.04. The molecule has 0 unspecified atom stereocenters. The molecule has 8 heteroatoms. The number of halogens is 1. The zero-order valence-electron chi connectivity index (χ0n) is 14.0. The number of likely N-dealkylation sites (tertiary alicyclic amines) is 1. The highest BCUT2D eigenvalue weighted by Crippen LogP contribution is 2.32. The highest BCUT2D eigenvalue weighted by molar-refractivity contribution is 6.30. The largest absolute Gasteiger partial charge is 0.396 e. The Morgan fingerprint density at radius 2 is 2.28 bits per heavy atom. The topological polar surface area (TPSA) is 91.5 Å². The van der Waals surface area contributed by atoms with Gasteiger partial charge in [0.2, 0.25) is 11.7 Å². The highest BCUT2D eigenvalue weighted by Gasteiger charge is 2.43. The lowest BCUT2D eigenvalue weighted by molar-refractivity contribution is -0.0177. The molecule has 134 valence electrons. The second kappa shape index (κ2) is 7.41. The summed E-state index contributed by atoms with van der Waals surface area (Å²) in [5, 5.41) is 16.8. The maximum absolute atomic E-state index is 12.1. The van der Waals surface area contributed by atoms with Crippen LogP contribution in [0.5, 0.6) is 0 Å². The van der Waals surface area contributed by atoms with Crippen molar-refractivity contribution in [3.8, 4) is 11.4 Å². The minimum atomic E-state index is -0.132. The SMILES string of the molecule is CCC1(CO)CN(C(=O)NCCc2nc(-c3cccc(Cl)c3)no2)C1. The Morgan fingerprint density at radius 1 is 1.48 bits per heavy atom. The molecule has 0 bridgehead atoms. The second-order valence-electron chi connectivity index (χ2n) is 6.37. The Balaban J connectivity index is 1.46. The first-order chi connectivity index (χ1) is 12.0. The van der Waals surface area contributed by atoms with Gasteiger partial charge in [-0.2, -0.15) is 4.98 Å². The lowest BCUT2D eigenvalue weighted by atomic mass is 9.78. The molecule has 1 aromatic carbocycles. The van der Waals surface area contributed by atoms with Gasteiger partial charge in [-0.05, 0) is 18.6 Å². The van der Waals surface area contributed by atoms with Crippen LogP contribution in [-0.2, 0) is 6.42 Å². The molecular weight excluding hydrogens is 344 g/mol. The van der Waals surface area contributed by atoms with E-state index in [4.69, 9.17) is 16.1 Å². The van der Waals surface area contributed by atoms with Gasteiger partial charge in [-0.15, -0.1) is 0 Å². The molecule has 1 aliphatic rings. The monoisotopic (exact) mass is 364 g/mol. The Bertz CT molecular complexity index is 737. The van der Waals surface area contributed by atoms with Crippen molar-refractivity contribution in [3.05, 3.63) is 35.2 Å². The molecule has 2 amide bonds. The number of aliphatic hydroxyl groups excluding tert-OH is 1. The third-order valence-electron chi connectivity index (χ3n) is 4.59. The zero-order chi connectivity index (χ0) is 17.9. The van der Waals surface area contributed by atoms with Gasteiger partial charge >= 0.3 is 6.03 Å². The van der Waals surface area contributed by atoms with E-state index in [9.17, 15) is 9.90 Å². The normalized spacial score (nSPS) is 15.7. The summed E-state index contributed by atoms with van der Waals surface area (Å²) in [7, 11) is 0. The lowest BCUT2D eigenvalue weighted by Crippen LogP contribution is -2.62. The van der Waals surface area contributed by atoms with Crippen LogP contribution in [0.2, 0.25) is 5.02 Å². The number of nitrogens with one attached hydrogen (secondary N) is 1. The van der Waals surface area contributed by atoms with E-state index in [1.165, 1.54) is 0 Å². The molecule has 0 atom stereocenters. The van der Waals surface area contributed by atoms with Gasteiger partial charge in [0.15, 0.2) is 0 Å². The fraction of sp³-hybridized carbons (Fsp3) is 0.471. The van der Waals surface area contributed by atoms with Crippen molar-refractivity contribution in [1.29, 1.82) is 0 Å². The van der Waals surface area contributed by atoms with Crippen molar-refractivity contribution < 1.29 is 14.4 Å². The molecule has 7 nitrogen and oxygen atoms in total. The van der Waals surface area contributed by atoms with E-state index < -0.39 is 0 Å². The van der Waals surface area contributed by atoms with E-state index in [0.717, 1.165) is 12.0 Å². The van der Waals surface area contributed by atoms with Crippen molar-refractivity contribution in [2.75, 3.05) is 26.2 Å². The Hall–Kier alpha value is -2.12. The number of rotatable bonds is 6. The summed E-state index contributed by atoms with van der Waals surface area (Å²) >= 11 is 5.96. The van der Waals surface area contributed by atoms with Crippen molar-refractivity contribution in [2.45, 2.75) is 19.8 Å². The first-order valence-corrected chi connectivity index (χ1v) is 8.65. The average molecular weight is 365 g/mol. The van der Waals surface area contributed by atoms with Gasteiger partial charge in [-0.1, -0.05) is 35.8 Å². The van der Waals surface area contributed by atoms with Crippen LogP contribution >= 0.6 is 11.6 Å². The van der Waals surface area contributed by atoms with E-state index >= 15 is 0 Å². The van der Waals surface area contributed by atoms with Gasteiger partial charge in [0, 0.05) is 42.1 Å². The summed E-state index contributed by atoms with van der Waals surface area (Å²) in [6.07, 6.45) is 1.31. The minimum absolute atomic E-state index is 0.113. The summed E-state index contributed by atoms with van der Waals surface area (Å²) in [5.74, 6) is 0.930. The van der Waals surface area contributed by atoms with Crippen molar-refractivity contribution in [2.24, 2.45) is 5.41 Å². The number of hydrogen-bond donors (Lipinski definition) is 2. The fourth-order valence-electron chi connectivity index (χ4n) is 2.83. The number of carbonyl (C=O) groups excluding carboxylic acids is 1. The van der Waals surface area contributed by atoms with Gasteiger partial charge in [0.25, 0.3) is 0 Å². The van der Waals surface area contributed by atoms with Gasteiger partial charge < -0.3 is 19.8 Å². The molecule has 0 radical (unpaired) electrons. The van der Waals surface area contributed by atoms with Crippen molar-refractivity contribution in [3.63, 3.8) is 0 Å². The predicted molar refractivity (Wildman–Crippen MR) is 93.2 cm³/mol. The maximum atomic E-state index is 12.1. The molecule has 2 heterocycles. The van der Waals surface area contributed by atoms with E-state index in [1.807, 2.05) is 19.1 Å². The fourth-order valence-corrected chi connectivity index (χ4v) is 3.02. The first kappa shape index (κ1) is 17.7. The van der Waals surface area contributed by atoms with Crippen LogP contribution in [0.15, 0.2) is 28.8 Å². The molecule has 1 fully saturated rings. The van der Waals surface area contributed by atoms with Crippen molar-refractivity contribution >= 4 is 17.6 Å². The first-order valence-electron chi connectivity index (χ1n) is 8.27. The quantitative estimate of drug-likeness (QED) is 0.820. The third-order valence-corrected chi connectivity index (χ3v) is 4.83. The number of nitrogens with zero attached hydrogens (tertiary/aromatic N) is 3. The molecule has 1 aromatic heterocycles. The van der Waals surface area contributed by atoms with E-state index in [0.29, 0.717) is 42.8 Å². The molecule has 3 rings (SSSR count). The number of aliphatic hydroxyl groups is 1. The van der Waals surface area contributed by atoms with Crippen LogP contribution in [-0.4, -0.2) is 52.4 Å². The smallest absolute Gasteiger partial charge is 0.317 e.